The third-order valence-electron chi connectivity index (χ3n) is 5.62. The molecule has 182 valence electrons. The number of aryl methyl sites for hydroxylation is 1. The SMILES string of the molecule is COc1nc(-c2cccc(-c3cccc(NC(=O)c4cn(C)c(=O)n(C)c4=O)c3Cl)c2)ccc1C=O. The molecule has 0 spiro atoms. The number of amides is 1. The van der Waals surface area contributed by atoms with Gasteiger partial charge in [-0.2, -0.15) is 0 Å². The highest BCUT2D eigenvalue weighted by Crippen LogP contribution is 2.35. The van der Waals surface area contributed by atoms with Gasteiger partial charge in [-0.25, -0.2) is 9.78 Å². The summed E-state index contributed by atoms with van der Waals surface area (Å²) in [6.45, 7) is 0. The van der Waals surface area contributed by atoms with Crippen LogP contribution in [0.25, 0.3) is 22.4 Å². The minimum absolute atomic E-state index is 0.193. The Bertz CT molecular complexity index is 1620. The number of aldehydes is 1. The first-order valence-electron chi connectivity index (χ1n) is 10.7. The minimum atomic E-state index is -0.709. The lowest BCUT2D eigenvalue weighted by atomic mass is 10.0. The first-order chi connectivity index (χ1) is 17.2. The van der Waals surface area contributed by atoms with Crippen LogP contribution in [0.5, 0.6) is 5.88 Å². The number of nitrogens with one attached hydrogen (secondary N) is 1. The number of rotatable bonds is 6. The molecule has 36 heavy (non-hydrogen) atoms. The number of aromatic nitrogens is 3. The largest absolute Gasteiger partial charge is 0.480 e. The second-order valence-electron chi connectivity index (χ2n) is 7.92. The van der Waals surface area contributed by atoms with Gasteiger partial charge in [-0.05, 0) is 29.8 Å². The van der Waals surface area contributed by atoms with E-state index in [0.717, 1.165) is 20.3 Å². The quantitative estimate of drug-likeness (QED) is 0.402. The van der Waals surface area contributed by atoms with Crippen LogP contribution in [0.15, 0.2) is 70.4 Å². The van der Waals surface area contributed by atoms with Gasteiger partial charge >= 0.3 is 5.69 Å². The predicted octanol–water partition coefficient (Wildman–Crippen LogP) is 3.54. The van der Waals surface area contributed by atoms with Crippen LogP contribution in [0.4, 0.5) is 5.69 Å². The van der Waals surface area contributed by atoms with Crippen LogP contribution in [0, 0.1) is 0 Å². The van der Waals surface area contributed by atoms with Gasteiger partial charge in [-0.1, -0.05) is 41.9 Å². The first kappa shape index (κ1) is 24.6. The van der Waals surface area contributed by atoms with Crippen LogP contribution >= 0.6 is 11.6 Å². The van der Waals surface area contributed by atoms with Gasteiger partial charge < -0.3 is 14.6 Å². The average Bonchev–Trinajstić information content (AvgIpc) is 2.90. The van der Waals surface area contributed by atoms with Gasteiger partial charge in [0.15, 0.2) is 6.29 Å². The highest BCUT2D eigenvalue weighted by atomic mass is 35.5. The number of carbonyl (C=O) groups excluding carboxylic acids is 2. The molecule has 4 rings (SSSR count). The predicted molar refractivity (Wildman–Crippen MR) is 137 cm³/mol. The zero-order valence-corrected chi connectivity index (χ0v) is 20.4. The van der Waals surface area contributed by atoms with E-state index in [1.807, 2.05) is 24.3 Å². The van der Waals surface area contributed by atoms with Crippen molar-refractivity contribution < 1.29 is 14.3 Å². The molecule has 0 atom stereocenters. The Labute approximate surface area is 210 Å². The zero-order chi connectivity index (χ0) is 26.0. The molecule has 0 aliphatic carbocycles. The van der Waals surface area contributed by atoms with E-state index in [1.54, 1.807) is 30.3 Å². The molecule has 9 nitrogen and oxygen atoms in total. The Balaban J connectivity index is 1.69. The number of pyridine rings is 1. The molecule has 0 aliphatic heterocycles. The van der Waals surface area contributed by atoms with E-state index >= 15 is 0 Å². The van der Waals surface area contributed by atoms with Crippen LogP contribution in [-0.4, -0.2) is 33.4 Å². The summed E-state index contributed by atoms with van der Waals surface area (Å²) >= 11 is 6.66. The van der Waals surface area contributed by atoms with Crippen LogP contribution in [0.1, 0.15) is 20.7 Å². The van der Waals surface area contributed by atoms with Crippen molar-refractivity contribution in [2.45, 2.75) is 0 Å². The molecule has 1 amide bonds. The molecule has 4 aromatic rings. The maximum absolute atomic E-state index is 12.9. The Morgan fingerprint density at radius 3 is 2.50 bits per heavy atom. The topological polar surface area (TPSA) is 112 Å². The van der Waals surface area contributed by atoms with E-state index in [9.17, 15) is 19.2 Å². The third kappa shape index (κ3) is 4.56. The van der Waals surface area contributed by atoms with Crippen molar-refractivity contribution in [1.29, 1.82) is 0 Å². The van der Waals surface area contributed by atoms with E-state index in [2.05, 4.69) is 10.3 Å². The molecule has 0 aliphatic rings. The Morgan fingerprint density at radius 2 is 1.78 bits per heavy atom. The van der Waals surface area contributed by atoms with Crippen molar-refractivity contribution in [2.75, 3.05) is 12.4 Å². The Kier molecular flexibility index (Phi) is 6.84. The molecule has 0 unspecified atom stereocenters. The maximum Gasteiger partial charge on any atom is 0.330 e. The molecule has 0 saturated carbocycles. The summed E-state index contributed by atoms with van der Waals surface area (Å²) < 4.78 is 7.23. The zero-order valence-electron chi connectivity index (χ0n) is 19.6. The molecule has 2 aromatic carbocycles. The van der Waals surface area contributed by atoms with Crippen LogP contribution < -0.4 is 21.3 Å². The van der Waals surface area contributed by atoms with Gasteiger partial charge in [0.25, 0.3) is 11.5 Å². The second-order valence-corrected chi connectivity index (χ2v) is 8.29. The van der Waals surface area contributed by atoms with Crippen LogP contribution in [0.3, 0.4) is 0 Å². The second kappa shape index (κ2) is 10.0. The molecule has 0 bridgehead atoms. The minimum Gasteiger partial charge on any atom is -0.480 e. The van der Waals surface area contributed by atoms with Gasteiger partial charge in [0.1, 0.15) is 5.56 Å². The van der Waals surface area contributed by atoms with Gasteiger partial charge in [-0.15, -0.1) is 0 Å². The van der Waals surface area contributed by atoms with Crippen LogP contribution in [-0.2, 0) is 14.1 Å². The number of halogens is 1. The number of hydrogen-bond donors (Lipinski definition) is 1. The lowest BCUT2D eigenvalue weighted by molar-refractivity contribution is 0.102. The first-order valence-corrected chi connectivity index (χ1v) is 11.1. The molecular formula is C26H21ClN4O5. The normalized spacial score (nSPS) is 10.7. The summed E-state index contributed by atoms with van der Waals surface area (Å²) in [4.78, 5) is 52.8. The van der Waals surface area contributed by atoms with Crippen LogP contribution in [0.2, 0.25) is 5.02 Å². The Hall–Kier alpha value is -4.50. The fourth-order valence-corrected chi connectivity index (χ4v) is 4.00. The van der Waals surface area contributed by atoms with E-state index in [-0.39, 0.29) is 16.5 Å². The number of carbonyl (C=O) groups is 2. The summed E-state index contributed by atoms with van der Waals surface area (Å²) in [6, 6.07) is 15.9. The summed E-state index contributed by atoms with van der Waals surface area (Å²) in [5.41, 5.74) is 1.97. The van der Waals surface area contributed by atoms with E-state index in [1.165, 1.54) is 27.4 Å². The monoisotopic (exact) mass is 504 g/mol. The number of hydrogen-bond acceptors (Lipinski definition) is 6. The molecular weight excluding hydrogens is 484 g/mol. The fourth-order valence-electron chi connectivity index (χ4n) is 3.72. The lowest BCUT2D eigenvalue weighted by Crippen LogP contribution is -2.40. The standard InChI is InChI=1S/C26H21ClN4O5/c1-30-13-19(25(34)31(2)26(30)35)23(33)28-21-9-5-8-18(22(21)27)15-6-4-7-16(12-15)20-11-10-17(14-32)24(29-20)36-3/h4-14H,1-3H3,(H,28,33). The highest BCUT2D eigenvalue weighted by Gasteiger charge is 2.18. The molecule has 2 heterocycles. The van der Waals surface area contributed by atoms with Crippen molar-refractivity contribution in [2.24, 2.45) is 14.1 Å². The number of methoxy groups -OCH3 is 1. The van der Waals surface area contributed by atoms with E-state index < -0.39 is 17.2 Å². The summed E-state index contributed by atoms with van der Waals surface area (Å²) in [6.07, 6.45) is 1.87. The number of ether oxygens (including phenoxy) is 1. The van der Waals surface area contributed by atoms with Gasteiger partial charge in [0, 0.05) is 31.4 Å². The van der Waals surface area contributed by atoms with Crippen molar-refractivity contribution in [3.8, 4) is 28.3 Å². The van der Waals surface area contributed by atoms with Gasteiger partial charge in [0.05, 0.1) is 29.1 Å². The summed E-state index contributed by atoms with van der Waals surface area (Å²) in [5, 5.41) is 2.93. The van der Waals surface area contributed by atoms with Crippen molar-refractivity contribution in [3.63, 3.8) is 0 Å². The molecule has 0 saturated heterocycles. The molecule has 10 heteroatoms. The highest BCUT2D eigenvalue weighted by molar-refractivity contribution is 6.36. The molecule has 2 aromatic heterocycles. The van der Waals surface area contributed by atoms with Crippen molar-refractivity contribution >= 4 is 29.5 Å². The molecule has 0 fully saturated rings. The summed E-state index contributed by atoms with van der Waals surface area (Å²) in [5.74, 6) is -0.467. The number of nitrogens with zero attached hydrogens (tertiary/aromatic N) is 3. The smallest absolute Gasteiger partial charge is 0.330 e. The van der Waals surface area contributed by atoms with Gasteiger partial charge in [-0.3, -0.25) is 19.0 Å². The number of anilines is 1. The lowest BCUT2D eigenvalue weighted by Gasteiger charge is -2.13. The molecule has 1 N–H and O–H groups in total. The fraction of sp³-hybridized carbons (Fsp3) is 0.115. The van der Waals surface area contributed by atoms with Gasteiger partial charge in [0.2, 0.25) is 5.88 Å². The third-order valence-corrected chi connectivity index (χ3v) is 6.02. The maximum atomic E-state index is 12.9. The van der Waals surface area contributed by atoms with Crippen molar-refractivity contribution in [3.05, 3.63) is 97.8 Å². The van der Waals surface area contributed by atoms with E-state index in [0.29, 0.717) is 28.8 Å². The molecule has 0 radical (unpaired) electrons. The van der Waals surface area contributed by atoms with Crippen molar-refractivity contribution in [1.82, 2.24) is 14.1 Å². The summed E-state index contributed by atoms with van der Waals surface area (Å²) in [7, 11) is 4.20. The average molecular weight is 505 g/mol. The Morgan fingerprint density at radius 1 is 1.06 bits per heavy atom. The number of benzene rings is 2. The van der Waals surface area contributed by atoms with E-state index in [4.69, 9.17) is 16.3 Å².